The highest BCUT2D eigenvalue weighted by Gasteiger charge is 2.30. The Kier molecular flexibility index (Phi) is 5.17. The number of nitrogens with zero attached hydrogens (tertiary/aromatic N) is 3. The molecule has 152 valence electrons. The smallest absolute Gasteiger partial charge is 0.416 e. The Morgan fingerprint density at radius 1 is 0.967 bits per heavy atom. The van der Waals surface area contributed by atoms with Crippen LogP contribution >= 0.6 is 15.9 Å². The lowest BCUT2D eigenvalue weighted by Gasteiger charge is -2.13. The molecule has 0 radical (unpaired) electrons. The summed E-state index contributed by atoms with van der Waals surface area (Å²) in [6.07, 6.45) is -1.52. The Labute approximate surface area is 177 Å². The lowest BCUT2D eigenvalue weighted by molar-refractivity contribution is -0.137. The van der Waals surface area contributed by atoms with Crippen LogP contribution in [0.25, 0.3) is 10.9 Å². The van der Waals surface area contributed by atoms with Crippen molar-refractivity contribution in [3.63, 3.8) is 0 Å². The van der Waals surface area contributed by atoms with Gasteiger partial charge in [0, 0.05) is 21.7 Å². The van der Waals surface area contributed by atoms with Gasteiger partial charge in [0.25, 0.3) is 0 Å². The Morgan fingerprint density at radius 2 is 1.73 bits per heavy atom. The summed E-state index contributed by atoms with van der Waals surface area (Å²) in [5, 5.41) is 3.73. The standard InChI is InChI=1S/C20H13BrF3N5O/c21-14-7-8-15(17-13(14)2-1-9-26-17)30-19-16(25)18(27-10-28-19)29-12-5-3-11(4-6-12)20(22,23)24/h1-10H,25H2,(H,27,28,29). The number of ether oxygens (including phenoxy) is 1. The van der Waals surface area contributed by atoms with Crippen molar-refractivity contribution >= 4 is 44.0 Å². The van der Waals surface area contributed by atoms with E-state index in [1.54, 1.807) is 12.3 Å². The van der Waals surface area contributed by atoms with Crippen LogP contribution < -0.4 is 15.8 Å². The number of nitrogen functional groups attached to an aromatic ring is 1. The van der Waals surface area contributed by atoms with E-state index in [4.69, 9.17) is 10.5 Å². The van der Waals surface area contributed by atoms with Crippen molar-refractivity contribution in [3.05, 3.63) is 71.1 Å². The van der Waals surface area contributed by atoms with Gasteiger partial charge in [-0.1, -0.05) is 22.0 Å². The van der Waals surface area contributed by atoms with Crippen LogP contribution in [0.1, 0.15) is 5.56 Å². The average molecular weight is 476 g/mol. The molecular formula is C20H13BrF3N5O. The number of hydrogen-bond donors (Lipinski definition) is 2. The van der Waals surface area contributed by atoms with E-state index in [-0.39, 0.29) is 17.4 Å². The summed E-state index contributed by atoms with van der Waals surface area (Å²) in [4.78, 5) is 12.5. The number of nitrogens with one attached hydrogen (secondary N) is 1. The number of hydrogen-bond acceptors (Lipinski definition) is 6. The third-order valence-electron chi connectivity index (χ3n) is 4.21. The molecular weight excluding hydrogens is 463 g/mol. The summed E-state index contributed by atoms with van der Waals surface area (Å²) in [7, 11) is 0. The summed E-state index contributed by atoms with van der Waals surface area (Å²) in [6.45, 7) is 0. The van der Waals surface area contributed by atoms with Gasteiger partial charge in [0.15, 0.2) is 11.6 Å². The number of anilines is 3. The van der Waals surface area contributed by atoms with Crippen molar-refractivity contribution in [2.45, 2.75) is 6.18 Å². The molecule has 0 unspecified atom stereocenters. The fraction of sp³-hybridized carbons (Fsp3) is 0.0500. The van der Waals surface area contributed by atoms with Gasteiger partial charge in [-0.2, -0.15) is 18.2 Å². The Morgan fingerprint density at radius 3 is 2.47 bits per heavy atom. The van der Waals surface area contributed by atoms with Crippen LogP contribution in [-0.4, -0.2) is 15.0 Å². The van der Waals surface area contributed by atoms with Crippen molar-refractivity contribution in [2.75, 3.05) is 11.1 Å². The zero-order chi connectivity index (χ0) is 21.3. The van der Waals surface area contributed by atoms with Gasteiger partial charge >= 0.3 is 6.18 Å². The number of fused-ring (bicyclic) bond motifs is 1. The summed E-state index contributed by atoms with van der Waals surface area (Å²) in [5.41, 5.74) is 6.48. The van der Waals surface area contributed by atoms with E-state index >= 15 is 0 Å². The number of benzene rings is 2. The minimum Gasteiger partial charge on any atom is -0.435 e. The fourth-order valence-electron chi connectivity index (χ4n) is 2.74. The fourth-order valence-corrected chi connectivity index (χ4v) is 3.19. The molecule has 0 aliphatic rings. The van der Waals surface area contributed by atoms with Crippen LogP contribution in [-0.2, 0) is 6.18 Å². The van der Waals surface area contributed by atoms with Crippen LogP contribution in [0.15, 0.2) is 65.5 Å². The molecule has 2 heterocycles. The van der Waals surface area contributed by atoms with E-state index in [0.717, 1.165) is 22.0 Å². The summed E-state index contributed by atoms with van der Waals surface area (Å²) < 4.78 is 44.9. The molecule has 0 aliphatic heterocycles. The number of nitrogens with two attached hydrogens (primary N) is 1. The lowest BCUT2D eigenvalue weighted by atomic mass is 10.2. The van der Waals surface area contributed by atoms with Crippen LogP contribution in [0.5, 0.6) is 11.6 Å². The minimum absolute atomic E-state index is 0.0914. The Hall–Kier alpha value is -3.40. The molecule has 30 heavy (non-hydrogen) atoms. The number of rotatable bonds is 4. The molecule has 0 fully saturated rings. The highest BCUT2D eigenvalue weighted by atomic mass is 79.9. The van der Waals surface area contributed by atoms with Gasteiger partial charge in [0.1, 0.15) is 17.5 Å². The molecule has 6 nitrogen and oxygen atoms in total. The molecule has 10 heteroatoms. The predicted molar refractivity (Wildman–Crippen MR) is 111 cm³/mol. The molecule has 2 aromatic carbocycles. The Balaban J connectivity index is 1.62. The lowest BCUT2D eigenvalue weighted by Crippen LogP contribution is -2.05. The van der Waals surface area contributed by atoms with Crippen LogP contribution in [0.4, 0.5) is 30.4 Å². The second-order valence-corrected chi connectivity index (χ2v) is 7.04. The number of aromatic nitrogens is 3. The maximum atomic E-state index is 12.7. The topological polar surface area (TPSA) is 86.0 Å². The second-order valence-electron chi connectivity index (χ2n) is 6.19. The SMILES string of the molecule is Nc1c(Nc2ccc(C(F)(F)F)cc2)ncnc1Oc1ccc(Br)c2cccnc12. The van der Waals surface area contributed by atoms with Crippen molar-refractivity contribution in [1.29, 1.82) is 0 Å². The van der Waals surface area contributed by atoms with Crippen LogP contribution in [0.3, 0.4) is 0 Å². The highest BCUT2D eigenvalue weighted by Crippen LogP contribution is 2.36. The third-order valence-corrected chi connectivity index (χ3v) is 4.90. The van der Waals surface area contributed by atoms with Crippen molar-refractivity contribution in [1.82, 2.24) is 15.0 Å². The number of halogens is 4. The molecule has 0 saturated heterocycles. The van der Waals surface area contributed by atoms with E-state index in [1.165, 1.54) is 18.5 Å². The maximum Gasteiger partial charge on any atom is 0.416 e. The average Bonchev–Trinajstić information content (AvgIpc) is 2.73. The summed E-state index contributed by atoms with van der Waals surface area (Å²) in [5.74, 6) is 0.738. The largest absolute Gasteiger partial charge is 0.435 e. The zero-order valence-corrected chi connectivity index (χ0v) is 16.7. The normalized spacial score (nSPS) is 11.5. The maximum absolute atomic E-state index is 12.7. The predicted octanol–water partition coefficient (Wildman–Crippen LogP) is 5.92. The monoisotopic (exact) mass is 475 g/mol. The molecule has 2 aromatic heterocycles. The molecule has 0 amide bonds. The van der Waals surface area contributed by atoms with Crippen LogP contribution in [0.2, 0.25) is 0 Å². The van der Waals surface area contributed by atoms with E-state index in [9.17, 15) is 13.2 Å². The molecule has 0 spiro atoms. The second kappa shape index (κ2) is 7.79. The van der Waals surface area contributed by atoms with Crippen molar-refractivity contribution in [3.8, 4) is 11.6 Å². The van der Waals surface area contributed by atoms with E-state index in [1.807, 2.05) is 18.2 Å². The third kappa shape index (κ3) is 3.99. The first kappa shape index (κ1) is 19.9. The summed E-state index contributed by atoms with van der Waals surface area (Å²) in [6, 6.07) is 11.8. The van der Waals surface area contributed by atoms with Gasteiger partial charge in [-0.25, -0.2) is 4.98 Å². The zero-order valence-electron chi connectivity index (χ0n) is 15.1. The van der Waals surface area contributed by atoms with E-state index < -0.39 is 11.7 Å². The van der Waals surface area contributed by atoms with Crippen LogP contribution in [0, 0.1) is 0 Å². The highest BCUT2D eigenvalue weighted by molar-refractivity contribution is 9.10. The van der Waals surface area contributed by atoms with Crippen molar-refractivity contribution < 1.29 is 17.9 Å². The van der Waals surface area contributed by atoms with Gasteiger partial charge in [-0.3, -0.25) is 4.98 Å². The minimum atomic E-state index is -4.41. The van der Waals surface area contributed by atoms with Gasteiger partial charge < -0.3 is 15.8 Å². The van der Waals surface area contributed by atoms with Gasteiger partial charge in [0.2, 0.25) is 5.88 Å². The first-order valence-electron chi connectivity index (χ1n) is 8.59. The molecule has 0 aliphatic carbocycles. The molecule has 0 saturated carbocycles. The molecule has 4 rings (SSSR count). The molecule has 0 atom stereocenters. The summed E-state index contributed by atoms with van der Waals surface area (Å²) >= 11 is 3.47. The first-order chi connectivity index (χ1) is 14.3. The first-order valence-corrected chi connectivity index (χ1v) is 9.38. The van der Waals surface area contributed by atoms with Gasteiger partial charge in [0.05, 0.1) is 5.56 Å². The molecule has 0 bridgehead atoms. The molecule has 3 N–H and O–H groups in total. The Bertz CT molecular complexity index is 1220. The van der Waals surface area contributed by atoms with Gasteiger partial charge in [-0.05, 0) is 42.5 Å². The quantitative estimate of drug-likeness (QED) is 0.380. The van der Waals surface area contributed by atoms with E-state index in [0.29, 0.717) is 17.0 Å². The number of pyridine rings is 1. The molecule has 4 aromatic rings. The van der Waals surface area contributed by atoms with Gasteiger partial charge in [-0.15, -0.1) is 0 Å². The van der Waals surface area contributed by atoms with E-state index in [2.05, 4.69) is 36.2 Å². The number of alkyl halides is 3. The van der Waals surface area contributed by atoms with Crippen molar-refractivity contribution in [2.24, 2.45) is 0 Å².